The molecule has 0 radical (unpaired) electrons. The molecule has 2 atom stereocenters. The Hall–Kier alpha value is -2.81. The Morgan fingerprint density at radius 3 is 0.927 bits per heavy atom. The molecule has 0 aromatic heterocycles. The first-order chi connectivity index (χ1) is 19.5. The summed E-state index contributed by atoms with van der Waals surface area (Å²) >= 11 is 0. The van der Waals surface area contributed by atoms with Gasteiger partial charge in [-0.3, -0.25) is 0 Å². The molecule has 1 fully saturated rings. The Morgan fingerprint density at radius 1 is 0.463 bits per heavy atom. The first kappa shape index (κ1) is 29.7. The standard InChI is InChI=1S/C36H45NO2Si2/c1-40(2,3)38-35(29-19-11-7-12-20-29,30-21-13-8-14-22-30)33-27-28-34(37-33)36(39-41(4,5)6,31-23-15-9-16-24-31)32-25-17-10-18-26-32/h7-26,33-34,37H,27-28H2,1-6H3/t33-,34-/m0/s1. The summed E-state index contributed by atoms with van der Waals surface area (Å²) in [6.07, 6.45) is 1.94. The topological polar surface area (TPSA) is 30.5 Å². The second-order valence-corrected chi connectivity index (χ2v) is 22.1. The van der Waals surface area contributed by atoms with Crippen LogP contribution in [0.25, 0.3) is 0 Å². The third kappa shape index (κ3) is 6.20. The molecule has 5 rings (SSSR count). The van der Waals surface area contributed by atoms with E-state index in [0.717, 1.165) is 12.8 Å². The van der Waals surface area contributed by atoms with Crippen LogP contribution in [0, 0.1) is 0 Å². The molecule has 4 aromatic rings. The van der Waals surface area contributed by atoms with Gasteiger partial charge in [0.1, 0.15) is 11.2 Å². The maximum atomic E-state index is 7.40. The van der Waals surface area contributed by atoms with E-state index in [1.807, 2.05) is 0 Å². The average molecular weight is 580 g/mol. The summed E-state index contributed by atoms with van der Waals surface area (Å²) < 4.78 is 14.8. The molecule has 0 unspecified atom stereocenters. The highest BCUT2D eigenvalue weighted by atomic mass is 28.4. The Kier molecular flexibility index (Phi) is 8.56. The third-order valence-electron chi connectivity index (χ3n) is 7.87. The number of nitrogens with one attached hydrogen (secondary N) is 1. The number of hydrogen-bond donors (Lipinski definition) is 1. The summed E-state index contributed by atoms with van der Waals surface area (Å²) in [5, 5.41) is 4.21. The van der Waals surface area contributed by atoms with Crippen molar-refractivity contribution in [2.75, 3.05) is 0 Å². The molecule has 4 aromatic carbocycles. The van der Waals surface area contributed by atoms with Crippen molar-refractivity contribution in [3.05, 3.63) is 144 Å². The Labute approximate surface area is 249 Å². The van der Waals surface area contributed by atoms with Gasteiger partial charge in [-0.25, -0.2) is 0 Å². The molecule has 0 bridgehead atoms. The Bertz CT molecular complexity index is 1200. The van der Waals surface area contributed by atoms with Crippen LogP contribution in [0.5, 0.6) is 0 Å². The lowest BCUT2D eigenvalue weighted by molar-refractivity contribution is 0.0371. The van der Waals surface area contributed by atoms with Crippen molar-refractivity contribution in [2.24, 2.45) is 0 Å². The van der Waals surface area contributed by atoms with E-state index in [2.05, 4.69) is 166 Å². The zero-order chi connectivity index (χ0) is 29.1. The average Bonchev–Trinajstić information content (AvgIpc) is 3.47. The molecule has 0 amide bonds. The molecule has 0 aliphatic carbocycles. The normalized spacial score (nSPS) is 18.4. The van der Waals surface area contributed by atoms with Crippen LogP contribution in [0.15, 0.2) is 121 Å². The van der Waals surface area contributed by atoms with Crippen molar-refractivity contribution < 1.29 is 8.85 Å². The predicted molar refractivity (Wildman–Crippen MR) is 176 cm³/mol. The summed E-state index contributed by atoms with van der Waals surface area (Å²) in [6, 6.07) is 43.5. The highest BCUT2D eigenvalue weighted by Gasteiger charge is 2.54. The number of hydrogen-bond acceptors (Lipinski definition) is 3. The van der Waals surface area contributed by atoms with Gasteiger partial charge in [-0.05, 0) is 74.4 Å². The van der Waals surface area contributed by atoms with Gasteiger partial charge in [-0.2, -0.15) is 0 Å². The van der Waals surface area contributed by atoms with Crippen LogP contribution in [-0.4, -0.2) is 28.7 Å². The summed E-state index contributed by atoms with van der Waals surface area (Å²) in [4.78, 5) is 0. The van der Waals surface area contributed by atoms with Crippen molar-refractivity contribution in [1.29, 1.82) is 0 Å². The molecule has 214 valence electrons. The van der Waals surface area contributed by atoms with Crippen LogP contribution < -0.4 is 5.32 Å². The molecule has 5 heteroatoms. The maximum absolute atomic E-state index is 7.40. The second kappa shape index (κ2) is 11.8. The minimum Gasteiger partial charge on any atom is -0.403 e. The molecule has 1 aliphatic rings. The van der Waals surface area contributed by atoms with Gasteiger partial charge in [-0.1, -0.05) is 121 Å². The van der Waals surface area contributed by atoms with Crippen molar-refractivity contribution in [1.82, 2.24) is 5.32 Å². The van der Waals surface area contributed by atoms with Crippen LogP contribution in [0.3, 0.4) is 0 Å². The van der Waals surface area contributed by atoms with Crippen LogP contribution in [-0.2, 0) is 20.1 Å². The van der Waals surface area contributed by atoms with Gasteiger partial charge in [0.15, 0.2) is 16.6 Å². The first-order valence-electron chi connectivity index (χ1n) is 14.9. The quantitative estimate of drug-likeness (QED) is 0.191. The van der Waals surface area contributed by atoms with E-state index in [0.29, 0.717) is 0 Å². The lowest BCUT2D eigenvalue weighted by atomic mass is 9.79. The van der Waals surface area contributed by atoms with Gasteiger partial charge in [0, 0.05) is 12.1 Å². The predicted octanol–water partition coefficient (Wildman–Crippen LogP) is 8.70. The van der Waals surface area contributed by atoms with E-state index in [9.17, 15) is 0 Å². The van der Waals surface area contributed by atoms with Crippen molar-refractivity contribution >= 4 is 16.6 Å². The van der Waals surface area contributed by atoms with E-state index >= 15 is 0 Å². The fraction of sp³-hybridized carbons (Fsp3) is 0.333. The zero-order valence-electron chi connectivity index (χ0n) is 25.4. The van der Waals surface area contributed by atoms with Crippen LogP contribution in [0.4, 0.5) is 0 Å². The minimum absolute atomic E-state index is 0.0565. The van der Waals surface area contributed by atoms with Gasteiger partial charge in [-0.15, -0.1) is 0 Å². The van der Waals surface area contributed by atoms with E-state index < -0.39 is 27.8 Å². The van der Waals surface area contributed by atoms with Crippen molar-refractivity contribution in [3.63, 3.8) is 0 Å². The van der Waals surface area contributed by atoms with E-state index in [1.165, 1.54) is 22.3 Å². The molecule has 0 spiro atoms. The monoisotopic (exact) mass is 579 g/mol. The number of rotatable bonds is 10. The molecule has 3 nitrogen and oxygen atoms in total. The minimum atomic E-state index is -2.02. The summed E-state index contributed by atoms with van der Waals surface area (Å²) in [5.74, 6) is 0. The molecule has 1 aliphatic heterocycles. The third-order valence-corrected chi connectivity index (χ3v) is 9.74. The van der Waals surface area contributed by atoms with E-state index in [-0.39, 0.29) is 12.1 Å². The second-order valence-electron chi connectivity index (χ2n) is 13.2. The van der Waals surface area contributed by atoms with E-state index in [4.69, 9.17) is 8.85 Å². The summed E-state index contributed by atoms with van der Waals surface area (Å²) in [7, 11) is -4.05. The van der Waals surface area contributed by atoms with Crippen LogP contribution >= 0.6 is 0 Å². The smallest absolute Gasteiger partial charge is 0.185 e. The zero-order valence-corrected chi connectivity index (χ0v) is 27.4. The summed E-state index contributed by atoms with van der Waals surface area (Å²) in [5.41, 5.74) is 3.54. The van der Waals surface area contributed by atoms with Gasteiger partial charge >= 0.3 is 0 Å². The molecule has 0 saturated carbocycles. The highest BCUT2D eigenvalue weighted by molar-refractivity contribution is 6.70. The fourth-order valence-corrected chi connectivity index (χ4v) is 9.30. The largest absolute Gasteiger partial charge is 0.403 e. The molecular formula is C36H45NO2Si2. The maximum Gasteiger partial charge on any atom is 0.185 e. The van der Waals surface area contributed by atoms with Crippen LogP contribution in [0.1, 0.15) is 35.1 Å². The molecule has 1 saturated heterocycles. The number of benzene rings is 4. The van der Waals surface area contributed by atoms with Crippen molar-refractivity contribution in [2.45, 2.75) is 75.4 Å². The lowest BCUT2D eigenvalue weighted by Gasteiger charge is -2.47. The van der Waals surface area contributed by atoms with Gasteiger partial charge in [0.2, 0.25) is 0 Å². The summed E-state index contributed by atoms with van der Waals surface area (Å²) in [6.45, 7) is 13.8. The lowest BCUT2D eigenvalue weighted by Crippen LogP contribution is -2.58. The first-order valence-corrected chi connectivity index (χ1v) is 21.7. The van der Waals surface area contributed by atoms with Gasteiger partial charge in [0.25, 0.3) is 0 Å². The van der Waals surface area contributed by atoms with E-state index in [1.54, 1.807) is 0 Å². The fourth-order valence-electron chi connectivity index (χ4n) is 6.61. The molecule has 1 N–H and O–H groups in total. The molecule has 41 heavy (non-hydrogen) atoms. The SMILES string of the molecule is C[Si](C)(C)OC(c1ccccc1)(c1ccccc1)[C@@H]1CC[C@@H](C(O[Si](C)(C)C)(c2ccccc2)c2ccccc2)N1. The molecule has 1 heterocycles. The molecular weight excluding hydrogens is 535 g/mol. The van der Waals surface area contributed by atoms with Gasteiger partial charge < -0.3 is 14.2 Å². The van der Waals surface area contributed by atoms with Crippen molar-refractivity contribution in [3.8, 4) is 0 Å². The Balaban J connectivity index is 1.70. The van der Waals surface area contributed by atoms with Gasteiger partial charge in [0.05, 0.1) is 0 Å². The van der Waals surface area contributed by atoms with Crippen LogP contribution in [0.2, 0.25) is 39.3 Å². The Morgan fingerprint density at radius 2 is 0.707 bits per heavy atom. The highest BCUT2D eigenvalue weighted by Crippen LogP contribution is 2.48.